The van der Waals surface area contributed by atoms with Crippen molar-refractivity contribution < 1.29 is 4.74 Å². The van der Waals surface area contributed by atoms with Crippen molar-refractivity contribution in [2.24, 2.45) is 0 Å². The van der Waals surface area contributed by atoms with E-state index in [9.17, 15) is 0 Å². The topological polar surface area (TPSA) is 9.23 Å². The third kappa shape index (κ3) is 2.27. The van der Waals surface area contributed by atoms with Gasteiger partial charge < -0.3 is 4.74 Å². The first kappa shape index (κ1) is 12.0. The second-order valence-corrected chi connectivity index (χ2v) is 6.08. The van der Waals surface area contributed by atoms with Crippen molar-refractivity contribution in [1.29, 1.82) is 0 Å². The van der Waals surface area contributed by atoms with Crippen molar-refractivity contribution in [3.8, 4) is 5.75 Å². The Balaban J connectivity index is 2.31. The molecule has 2 heteroatoms. The average molecular weight is 283 g/mol. The fourth-order valence-electron chi connectivity index (χ4n) is 2.68. The molecule has 0 N–H and O–H groups in total. The lowest BCUT2D eigenvalue weighted by atomic mass is 9.92. The van der Waals surface area contributed by atoms with Crippen LogP contribution in [0.1, 0.15) is 41.9 Å². The van der Waals surface area contributed by atoms with E-state index in [1.807, 2.05) is 0 Å². The largest absolute Gasteiger partial charge is 0.496 e. The van der Waals surface area contributed by atoms with Crippen LogP contribution in [0.3, 0.4) is 0 Å². The minimum absolute atomic E-state index is 0.708. The molecule has 0 amide bonds. The number of benzene rings is 1. The van der Waals surface area contributed by atoms with Crippen LogP contribution in [-0.2, 0) is 0 Å². The molecule has 1 aliphatic rings. The summed E-state index contributed by atoms with van der Waals surface area (Å²) in [5.41, 5.74) is 4.13. The van der Waals surface area contributed by atoms with Gasteiger partial charge in [0.2, 0.25) is 0 Å². The zero-order valence-electron chi connectivity index (χ0n) is 10.2. The highest BCUT2D eigenvalue weighted by Crippen LogP contribution is 2.40. The summed E-state index contributed by atoms with van der Waals surface area (Å²) in [6.07, 6.45) is 3.88. The molecule has 88 valence electrons. The lowest BCUT2D eigenvalue weighted by molar-refractivity contribution is 0.411. The second-order valence-electron chi connectivity index (χ2n) is 4.79. The first-order valence-corrected chi connectivity index (χ1v) is 6.82. The minimum Gasteiger partial charge on any atom is -0.496 e. The van der Waals surface area contributed by atoms with E-state index in [1.54, 1.807) is 7.11 Å². The Hall–Kier alpha value is -0.500. The molecule has 1 fully saturated rings. The van der Waals surface area contributed by atoms with Crippen molar-refractivity contribution in [1.82, 2.24) is 0 Å². The van der Waals surface area contributed by atoms with E-state index in [1.165, 1.54) is 36.0 Å². The molecule has 2 atom stereocenters. The van der Waals surface area contributed by atoms with Gasteiger partial charge in [-0.1, -0.05) is 22.0 Å². The Labute approximate surface area is 106 Å². The molecule has 1 aromatic carbocycles. The quantitative estimate of drug-likeness (QED) is 0.733. The number of methoxy groups -OCH3 is 1. The molecule has 16 heavy (non-hydrogen) atoms. The number of hydrogen-bond acceptors (Lipinski definition) is 1. The van der Waals surface area contributed by atoms with Gasteiger partial charge in [0.25, 0.3) is 0 Å². The van der Waals surface area contributed by atoms with Crippen LogP contribution in [-0.4, -0.2) is 11.9 Å². The molecule has 0 spiro atoms. The Morgan fingerprint density at radius 1 is 1.19 bits per heavy atom. The highest BCUT2D eigenvalue weighted by molar-refractivity contribution is 9.09. The number of ether oxygens (including phenoxy) is 1. The summed E-state index contributed by atoms with van der Waals surface area (Å²) in [6.45, 7) is 4.32. The van der Waals surface area contributed by atoms with Gasteiger partial charge in [-0.15, -0.1) is 0 Å². The van der Waals surface area contributed by atoms with E-state index in [-0.39, 0.29) is 0 Å². The van der Waals surface area contributed by atoms with Gasteiger partial charge in [0, 0.05) is 4.83 Å². The molecule has 1 saturated carbocycles. The number of hydrogen-bond donors (Lipinski definition) is 0. The molecule has 1 aliphatic carbocycles. The highest BCUT2D eigenvalue weighted by Gasteiger charge is 2.25. The SMILES string of the molecule is COc1cc(C)c(C2CCC(Br)C2)cc1C. The normalized spacial score (nSPS) is 24.8. The zero-order chi connectivity index (χ0) is 11.7. The van der Waals surface area contributed by atoms with E-state index in [4.69, 9.17) is 4.74 Å². The van der Waals surface area contributed by atoms with Crippen LogP contribution < -0.4 is 4.74 Å². The van der Waals surface area contributed by atoms with Crippen LogP contribution >= 0.6 is 15.9 Å². The lowest BCUT2D eigenvalue weighted by Crippen LogP contribution is -1.99. The van der Waals surface area contributed by atoms with Crippen molar-refractivity contribution >= 4 is 15.9 Å². The summed E-state index contributed by atoms with van der Waals surface area (Å²) in [5, 5.41) is 0. The summed E-state index contributed by atoms with van der Waals surface area (Å²) in [6, 6.07) is 4.48. The smallest absolute Gasteiger partial charge is 0.122 e. The van der Waals surface area contributed by atoms with E-state index in [0.717, 1.165) is 11.7 Å². The Kier molecular flexibility index (Phi) is 3.58. The second kappa shape index (κ2) is 4.79. The van der Waals surface area contributed by atoms with Crippen molar-refractivity contribution in [2.75, 3.05) is 7.11 Å². The Morgan fingerprint density at radius 3 is 2.50 bits per heavy atom. The number of halogens is 1. The Morgan fingerprint density at radius 2 is 1.94 bits per heavy atom. The summed E-state index contributed by atoms with van der Waals surface area (Å²) < 4.78 is 5.36. The van der Waals surface area contributed by atoms with Crippen molar-refractivity contribution in [3.05, 3.63) is 28.8 Å². The number of aryl methyl sites for hydroxylation is 2. The molecule has 0 aromatic heterocycles. The molecular formula is C14H19BrO. The number of alkyl halides is 1. The fraction of sp³-hybridized carbons (Fsp3) is 0.571. The maximum Gasteiger partial charge on any atom is 0.122 e. The molecule has 2 rings (SSSR count). The van der Waals surface area contributed by atoms with Gasteiger partial charge in [-0.3, -0.25) is 0 Å². The molecule has 0 heterocycles. The molecule has 1 aromatic rings. The lowest BCUT2D eigenvalue weighted by Gasteiger charge is -2.16. The van der Waals surface area contributed by atoms with E-state index < -0.39 is 0 Å². The van der Waals surface area contributed by atoms with E-state index >= 15 is 0 Å². The van der Waals surface area contributed by atoms with Crippen molar-refractivity contribution in [2.45, 2.75) is 43.9 Å². The maximum absolute atomic E-state index is 5.36. The van der Waals surface area contributed by atoms with Gasteiger partial charge in [-0.25, -0.2) is 0 Å². The minimum atomic E-state index is 0.708. The van der Waals surface area contributed by atoms with Gasteiger partial charge in [0.15, 0.2) is 0 Å². The predicted octanol–water partition coefficient (Wildman–Crippen LogP) is 4.34. The van der Waals surface area contributed by atoms with Crippen LogP contribution in [0.25, 0.3) is 0 Å². The molecule has 0 bridgehead atoms. The van der Waals surface area contributed by atoms with E-state index in [2.05, 4.69) is 41.9 Å². The van der Waals surface area contributed by atoms with Gasteiger partial charge >= 0.3 is 0 Å². The van der Waals surface area contributed by atoms with Crippen LogP contribution in [0.15, 0.2) is 12.1 Å². The van der Waals surface area contributed by atoms with Crippen LogP contribution in [0.5, 0.6) is 5.75 Å². The highest BCUT2D eigenvalue weighted by atomic mass is 79.9. The molecule has 0 aliphatic heterocycles. The third-order valence-electron chi connectivity index (χ3n) is 3.59. The Bertz CT molecular complexity index is 387. The molecule has 1 nitrogen and oxygen atoms in total. The first-order valence-electron chi connectivity index (χ1n) is 5.91. The summed E-state index contributed by atoms with van der Waals surface area (Å²) >= 11 is 3.72. The molecule has 0 radical (unpaired) electrons. The fourth-order valence-corrected chi connectivity index (χ4v) is 3.40. The van der Waals surface area contributed by atoms with Gasteiger partial charge in [0.05, 0.1) is 7.11 Å². The number of rotatable bonds is 2. The summed E-state index contributed by atoms with van der Waals surface area (Å²) in [4.78, 5) is 0.708. The molecular weight excluding hydrogens is 264 g/mol. The first-order chi connectivity index (χ1) is 7.61. The predicted molar refractivity (Wildman–Crippen MR) is 71.8 cm³/mol. The van der Waals surface area contributed by atoms with Crippen molar-refractivity contribution in [3.63, 3.8) is 0 Å². The zero-order valence-corrected chi connectivity index (χ0v) is 11.8. The summed E-state index contributed by atoms with van der Waals surface area (Å²) in [5.74, 6) is 1.74. The van der Waals surface area contributed by atoms with E-state index in [0.29, 0.717) is 4.83 Å². The van der Waals surface area contributed by atoms with Gasteiger partial charge in [-0.2, -0.15) is 0 Å². The van der Waals surface area contributed by atoms with Gasteiger partial charge in [0.1, 0.15) is 5.75 Å². The molecule has 0 saturated heterocycles. The van der Waals surface area contributed by atoms with Crippen LogP contribution in [0, 0.1) is 13.8 Å². The summed E-state index contributed by atoms with van der Waals surface area (Å²) in [7, 11) is 1.74. The average Bonchev–Trinajstić information content (AvgIpc) is 2.67. The molecule has 2 unspecified atom stereocenters. The van der Waals surface area contributed by atoms with Gasteiger partial charge in [-0.05, 0) is 61.8 Å². The third-order valence-corrected chi connectivity index (χ3v) is 4.42. The monoisotopic (exact) mass is 282 g/mol. The standard InChI is InChI=1S/C14H19BrO/c1-9-7-14(16-3)10(2)6-13(9)11-4-5-12(15)8-11/h6-7,11-12H,4-5,8H2,1-3H3. The van der Waals surface area contributed by atoms with Crippen LogP contribution in [0.4, 0.5) is 0 Å². The van der Waals surface area contributed by atoms with Crippen LogP contribution in [0.2, 0.25) is 0 Å². The maximum atomic E-state index is 5.36.